The van der Waals surface area contributed by atoms with E-state index in [1.54, 1.807) is 4.90 Å². The van der Waals surface area contributed by atoms with E-state index in [0.717, 1.165) is 0 Å². The number of hydrogen-bond acceptors (Lipinski definition) is 6. The SMILES string of the molecule is CN1c2ccccc2N(C)C1c1ccccc1.OCCN(CCO)CCO. The second-order valence-corrected chi connectivity index (χ2v) is 6.51. The first-order valence-corrected chi connectivity index (χ1v) is 9.28. The van der Waals surface area contributed by atoms with Crippen molar-refractivity contribution >= 4 is 11.4 Å². The molecule has 0 atom stereocenters. The fraction of sp³-hybridized carbons (Fsp3) is 0.429. The second kappa shape index (κ2) is 10.9. The highest BCUT2D eigenvalue weighted by Gasteiger charge is 2.31. The second-order valence-electron chi connectivity index (χ2n) is 6.51. The minimum Gasteiger partial charge on any atom is -0.395 e. The average molecular weight is 373 g/mol. The van der Waals surface area contributed by atoms with Gasteiger partial charge < -0.3 is 25.1 Å². The summed E-state index contributed by atoms with van der Waals surface area (Å²) in [5.41, 5.74) is 3.92. The van der Waals surface area contributed by atoms with E-state index < -0.39 is 0 Å². The number of aliphatic hydroxyl groups is 3. The van der Waals surface area contributed by atoms with Gasteiger partial charge in [-0.15, -0.1) is 0 Å². The van der Waals surface area contributed by atoms with Crippen LogP contribution in [0.1, 0.15) is 11.7 Å². The lowest BCUT2D eigenvalue weighted by Crippen LogP contribution is -2.32. The third-order valence-electron chi connectivity index (χ3n) is 4.72. The molecule has 0 saturated heterocycles. The van der Waals surface area contributed by atoms with Gasteiger partial charge >= 0.3 is 0 Å². The zero-order valence-corrected chi connectivity index (χ0v) is 16.2. The number of fused-ring (bicyclic) bond motifs is 1. The van der Waals surface area contributed by atoms with Gasteiger partial charge in [0.1, 0.15) is 6.17 Å². The molecule has 0 aliphatic carbocycles. The number of para-hydroxylation sites is 2. The maximum Gasteiger partial charge on any atom is 0.128 e. The molecule has 6 nitrogen and oxygen atoms in total. The molecular weight excluding hydrogens is 342 g/mol. The zero-order chi connectivity index (χ0) is 19.6. The summed E-state index contributed by atoms with van der Waals surface area (Å²) in [6.45, 7) is 1.75. The lowest BCUT2D eigenvalue weighted by molar-refractivity contribution is 0.136. The summed E-state index contributed by atoms with van der Waals surface area (Å²) in [5.74, 6) is 0. The van der Waals surface area contributed by atoms with Crippen LogP contribution in [0.25, 0.3) is 0 Å². The quantitative estimate of drug-likeness (QED) is 0.684. The minimum absolute atomic E-state index is 0.0694. The van der Waals surface area contributed by atoms with Crippen molar-refractivity contribution in [3.63, 3.8) is 0 Å². The molecule has 0 spiro atoms. The van der Waals surface area contributed by atoms with Crippen LogP contribution in [0.15, 0.2) is 54.6 Å². The van der Waals surface area contributed by atoms with Crippen LogP contribution in [-0.2, 0) is 0 Å². The van der Waals surface area contributed by atoms with Gasteiger partial charge in [0.15, 0.2) is 0 Å². The van der Waals surface area contributed by atoms with Crippen LogP contribution in [0.2, 0.25) is 0 Å². The summed E-state index contributed by atoms with van der Waals surface area (Å²) in [7, 11) is 4.31. The third-order valence-corrected chi connectivity index (χ3v) is 4.72. The number of aliphatic hydroxyl groups excluding tert-OH is 3. The van der Waals surface area contributed by atoms with E-state index >= 15 is 0 Å². The standard InChI is InChI=1S/C15H16N2.C6H15NO3/c1-16-13-10-6-7-11-14(13)17(2)15(16)12-8-4-3-5-9-12;8-4-1-7(2-5-9)3-6-10/h3-11,15H,1-2H3;8-10H,1-6H2. The van der Waals surface area contributed by atoms with Gasteiger partial charge in [0, 0.05) is 33.7 Å². The van der Waals surface area contributed by atoms with E-state index in [9.17, 15) is 0 Å². The zero-order valence-electron chi connectivity index (χ0n) is 16.2. The summed E-state index contributed by atoms with van der Waals surface area (Å²) < 4.78 is 0. The fourth-order valence-electron chi connectivity index (χ4n) is 3.42. The van der Waals surface area contributed by atoms with Gasteiger partial charge in [-0.3, -0.25) is 4.90 Å². The van der Waals surface area contributed by atoms with Gasteiger partial charge in [0.25, 0.3) is 0 Å². The molecule has 148 valence electrons. The molecule has 1 aliphatic rings. The highest BCUT2D eigenvalue weighted by Crippen LogP contribution is 2.43. The normalized spacial score (nSPS) is 13.6. The molecule has 6 heteroatoms. The van der Waals surface area contributed by atoms with Crippen LogP contribution in [0.3, 0.4) is 0 Å². The van der Waals surface area contributed by atoms with Crippen molar-refractivity contribution < 1.29 is 15.3 Å². The molecule has 0 fully saturated rings. The van der Waals surface area contributed by atoms with Crippen LogP contribution in [0.4, 0.5) is 11.4 Å². The number of nitrogens with zero attached hydrogens (tertiary/aromatic N) is 3. The highest BCUT2D eigenvalue weighted by molar-refractivity contribution is 5.77. The Morgan fingerprint density at radius 2 is 1.11 bits per heavy atom. The summed E-state index contributed by atoms with van der Waals surface area (Å²) in [4.78, 5) is 6.44. The molecule has 0 bridgehead atoms. The molecule has 2 aromatic carbocycles. The lowest BCUT2D eigenvalue weighted by Gasteiger charge is -2.28. The van der Waals surface area contributed by atoms with E-state index in [-0.39, 0.29) is 19.8 Å². The predicted octanol–water partition coefficient (Wildman–Crippen LogP) is 1.54. The molecular formula is C21H31N3O3. The van der Waals surface area contributed by atoms with Crippen molar-refractivity contribution in [3.8, 4) is 0 Å². The first kappa shape index (κ1) is 21.2. The third kappa shape index (κ3) is 5.43. The summed E-state index contributed by atoms with van der Waals surface area (Å²) in [6, 6.07) is 19.2. The number of hydrogen-bond donors (Lipinski definition) is 3. The van der Waals surface area contributed by atoms with Gasteiger partial charge in [-0.05, 0) is 17.7 Å². The lowest BCUT2D eigenvalue weighted by atomic mass is 10.1. The molecule has 0 amide bonds. The Kier molecular flexibility index (Phi) is 8.54. The summed E-state index contributed by atoms with van der Waals surface area (Å²) in [6.07, 6.45) is 0.300. The Labute approximate surface area is 161 Å². The minimum atomic E-state index is 0.0694. The molecule has 3 N–H and O–H groups in total. The van der Waals surface area contributed by atoms with Gasteiger partial charge in [-0.2, -0.15) is 0 Å². The van der Waals surface area contributed by atoms with Crippen molar-refractivity contribution in [2.24, 2.45) is 0 Å². The van der Waals surface area contributed by atoms with E-state index in [4.69, 9.17) is 15.3 Å². The van der Waals surface area contributed by atoms with Crippen LogP contribution in [0.5, 0.6) is 0 Å². The monoisotopic (exact) mass is 373 g/mol. The first-order chi connectivity index (χ1) is 13.1. The largest absolute Gasteiger partial charge is 0.395 e. The number of anilines is 2. The Balaban J connectivity index is 0.000000227. The van der Waals surface area contributed by atoms with Crippen LogP contribution in [0, 0.1) is 0 Å². The van der Waals surface area contributed by atoms with Crippen LogP contribution in [-0.4, -0.2) is 73.8 Å². The van der Waals surface area contributed by atoms with Gasteiger partial charge in [0.2, 0.25) is 0 Å². The van der Waals surface area contributed by atoms with Gasteiger partial charge in [0.05, 0.1) is 31.2 Å². The molecule has 1 aliphatic heterocycles. The van der Waals surface area contributed by atoms with Gasteiger partial charge in [-0.1, -0.05) is 42.5 Å². The molecule has 0 saturated carbocycles. The van der Waals surface area contributed by atoms with Crippen LogP contribution < -0.4 is 9.80 Å². The molecule has 2 aromatic rings. The summed E-state index contributed by atoms with van der Waals surface area (Å²) in [5, 5.41) is 25.5. The Hall–Kier alpha value is -2.12. The predicted molar refractivity (Wildman–Crippen MR) is 110 cm³/mol. The molecule has 27 heavy (non-hydrogen) atoms. The van der Waals surface area contributed by atoms with Gasteiger partial charge in [-0.25, -0.2) is 0 Å². The molecule has 3 rings (SSSR count). The highest BCUT2D eigenvalue weighted by atomic mass is 16.3. The molecule has 0 aromatic heterocycles. The average Bonchev–Trinajstić information content (AvgIpc) is 2.95. The van der Waals surface area contributed by atoms with Crippen molar-refractivity contribution in [1.29, 1.82) is 0 Å². The smallest absolute Gasteiger partial charge is 0.128 e. The van der Waals surface area contributed by atoms with Crippen molar-refractivity contribution in [3.05, 3.63) is 60.2 Å². The maximum absolute atomic E-state index is 8.48. The van der Waals surface area contributed by atoms with Crippen LogP contribution >= 0.6 is 0 Å². The number of benzene rings is 2. The van der Waals surface area contributed by atoms with E-state index in [1.807, 2.05) is 0 Å². The Morgan fingerprint density at radius 1 is 0.704 bits per heavy atom. The molecule has 0 radical (unpaired) electrons. The van der Waals surface area contributed by atoms with E-state index in [2.05, 4.69) is 78.5 Å². The van der Waals surface area contributed by atoms with E-state index in [1.165, 1.54) is 16.9 Å². The van der Waals surface area contributed by atoms with Crippen molar-refractivity contribution in [2.75, 3.05) is 63.4 Å². The Bertz CT molecular complexity index is 625. The Morgan fingerprint density at radius 3 is 1.52 bits per heavy atom. The molecule has 0 unspecified atom stereocenters. The van der Waals surface area contributed by atoms with E-state index in [0.29, 0.717) is 25.8 Å². The topological polar surface area (TPSA) is 70.4 Å². The van der Waals surface area contributed by atoms with Crippen molar-refractivity contribution in [1.82, 2.24) is 4.90 Å². The maximum atomic E-state index is 8.48. The number of rotatable bonds is 7. The molecule has 1 heterocycles. The first-order valence-electron chi connectivity index (χ1n) is 9.28. The fourth-order valence-corrected chi connectivity index (χ4v) is 3.42. The van der Waals surface area contributed by atoms with Crippen molar-refractivity contribution in [2.45, 2.75) is 6.17 Å². The summed E-state index contributed by atoms with van der Waals surface area (Å²) >= 11 is 0.